The first-order valence-corrected chi connectivity index (χ1v) is 4.53. The molecule has 0 aromatic heterocycles. The van der Waals surface area contributed by atoms with Crippen LogP contribution in [0.2, 0.25) is 0 Å². The quantitative estimate of drug-likeness (QED) is 0.563. The predicted octanol–water partition coefficient (Wildman–Crippen LogP) is -0.165. The summed E-state index contributed by atoms with van der Waals surface area (Å²) in [5.74, 6) is 0. The normalized spacial score (nSPS) is 29.4. The molecule has 4 nitrogen and oxygen atoms in total. The monoisotopic (exact) mass is 180 g/mol. The lowest BCUT2D eigenvalue weighted by molar-refractivity contribution is 0.312. The molecule has 2 aliphatic rings. The molecule has 0 bridgehead atoms. The molecule has 0 aromatic rings. The van der Waals surface area contributed by atoms with Crippen molar-refractivity contribution in [1.29, 1.82) is 0 Å². The number of hydrogen-bond donors (Lipinski definition) is 1. The van der Waals surface area contributed by atoms with Crippen LogP contribution in [0, 0.1) is 0 Å². The molecule has 13 heavy (non-hydrogen) atoms. The van der Waals surface area contributed by atoms with Gasteiger partial charge in [-0.1, -0.05) is 0 Å². The Labute approximate surface area is 78.7 Å². The standard InChI is InChI=1S/C9H16N4/c1-6-7-4-12(2)5-8(7)11-9(10)13(6)3/h9H,4-5,10H2,1-3H3. The van der Waals surface area contributed by atoms with Crippen molar-refractivity contribution in [3.05, 3.63) is 11.3 Å². The van der Waals surface area contributed by atoms with Crippen molar-refractivity contribution in [2.45, 2.75) is 13.2 Å². The second-order valence-electron chi connectivity index (χ2n) is 3.84. The zero-order valence-electron chi connectivity index (χ0n) is 8.41. The summed E-state index contributed by atoms with van der Waals surface area (Å²) >= 11 is 0. The maximum absolute atomic E-state index is 5.86. The number of nitrogens with zero attached hydrogens (tertiary/aromatic N) is 3. The van der Waals surface area contributed by atoms with Gasteiger partial charge in [0, 0.05) is 31.4 Å². The molecule has 0 spiro atoms. The average Bonchev–Trinajstić information content (AvgIpc) is 2.42. The van der Waals surface area contributed by atoms with Gasteiger partial charge in [0.25, 0.3) is 0 Å². The third kappa shape index (κ3) is 1.26. The summed E-state index contributed by atoms with van der Waals surface area (Å²) in [6.07, 6.45) is -0.190. The minimum Gasteiger partial charge on any atom is -0.344 e. The third-order valence-corrected chi connectivity index (χ3v) is 2.85. The SMILES string of the molecule is CC1=C2CN(C)CC2=NC(N)N1C. The molecular weight excluding hydrogens is 164 g/mol. The van der Waals surface area contributed by atoms with E-state index in [9.17, 15) is 0 Å². The van der Waals surface area contributed by atoms with Gasteiger partial charge in [-0.2, -0.15) is 0 Å². The summed E-state index contributed by atoms with van der Waals surface area (Å²) in [4.78, 5) is 8.73. The van der Waals surface area contributed by atoms with Crippen LogP contribution >= 0.6 is 0 Å². The van der Waals surface area contributed by atoms with Crippen LogP contribution in [0.4, 0.5) is 0 Å². The number of likely N-dealkylation sites (tertiary alicyclic amines) is 1. The highest BCUT2D eigenvalue weighted by molar-refractivity contribution is 6.05. The van der Waals surface area contributed by atoms with Crippen molar-refractivity contribution < 1.29 is 0 Å². The van der Waals surface area contributed by atoms with Gasteiger partial charge in [0.05, 0.1) is 5.71 Å². The Hall–Kier alpha value is -0.870. The molecule has 2 rings (SSSR count). The zero-order valence-corrected chi connectivity index (χ0v) is 8.41. The largest absolute Gasteiger partial charge is 0.344 e. The molecule has 0 aliphatic carbocycles. The molecule has 72 valence electrons. The van der Waals surface area contributed by atoms with Crippen LogP contribution < -0.4 is 5.73 Å². The number of fused-ring (bicyclic) bond motifs is 1. The number of nitrogens with two attached hydrogens (primary N) is 1. The molecule has 0 saturated carbocycles. The lowest BCUT2D eigenvalue weighted by Crippen LogP contribution is -2.41. The van der Waals surface area contributed by atoms with Crippen LogP contribution in [-0.2, 0) is 0 Å². The first-order valence-electron chi connectivity index (χ1n) is 4.53. The van der Waals surface area contributed by atoms with E-state index in [0.717, 1.165) is 13.1 Å². The fraction of sp³-hybridized carbons (Fsp3) is 0.667. The lowest BCUT2D eigenvalue weighted by atomic mass is 10.1. The van der Waals surface area contributed by atoms with Crippen molar-refractivity contribution in [3.8, 4) is 0 Å². The number of likely N-dealkylation sites (N-methyl/N-ethyl adjacent to an activating group) is 1. The topological polar surface area (TPSA) is 44.9 Å². The second kappa shape index (κ2) is 2.82. The van der Waals surface area contributed by atoms with E-state index in [1.54, 1.807) is 0 Å². The van der Waals surface area contributed by atoms with Crippen LogP contribution in [0.3, 0.4) is 0 Å². The highest BCUT2D eigenvalue weighted by Crippen LogP contribution is 2.23. The van der Waals surface area contributed by atoms with Crippen LogP contribution in [0.5, 0.6) is 0 Å². The smallest absolute Gasteiger partial charge is 0.173 e. The lowest BCUT2D eigenvalue weighted by Gasteiger charge is -2.30. The summed E-state index contributed by atoms with van der Waals surface area (Å²) in [6, 6.07) is 0. The summed E-state index contributed by atoms with van der Waals surface area (Å²) < 4.78 is 0. The Bertz CT molecular complexity index is 292. The van der Waals surface area contributed by atoms with Gasteiger partial charge in [-0.3, -0.25) is 10.6 Å². The summed E-state index contributed by atoms with van der Waals surface area (Å²) in [6.45, 7) is 4.05. The van der Waals surface area contributed by atoms with Crippen LogP contribution in [0.15, 0.2) is 16.3 Å². The Morgan fingerprint density at radius 3 is 2.77 bits per heavy atom. The number of allylic oxidation sites excluding steroid dienone is 1. The minimum atomic E-state index is -0.190. The Morgan fingerprint density at radius 2 is 2.08 bits per heavy atom. The predicted molar refractivity (Wildman–Crippen MR) is 53.4 cm³/mol. The highest BCUT2D eigenvalue weighted by Gasteiger charge is 2.28. The minimum absolute atomic E-state index is 0.190. The van der Waals surface area contributed by atoms with Crippen molar-refractivity contribution in [2.75, 3.05) is 27.2 Å². The molecule has 1 fully saturated rings. The molecule has 1 atom stereocenters. The van der Waals surface area contributed by atoms with Gasteiger partial charge in [0.2, 0.25) is 0 Å². The van der Waals surface area contributed by atoms with Crippen molar-refractivity contribution >= 4 is 5.71 Å². The van der Waals surface area contributed by atoms with Crippen LogP contribution in [-0.4, -0.2) is 49.0 Å². The first-order chi connectivity index (χ1) is 6.09. The van der Waals surface area contributed by atoms with Gasteiger partial charge in [-0.25, -0.2) is 4.99 Å². The van der Waals surface area contributed by atoms with E-state index in [1.165, 1.54) is 17.0 Å². The maximum Gasteiger partial charge on any atom is 0.173 e. The summed E-state index contributed by atoms with van der Waals surface area (Å²) in [7, 11) is 4.10. The summed E-state index contributed by atoms with van der Waals surface area (Å²) in [5.41, 5.74) is 9.65. The van der Waals surface area contributed by atoms with E-state index in [-0.39, 0.29) is 6.29 Å². The average molecular weight is 180 g/mol. The number of rotatable bonds is 0. The molecule has 1 saturated heterocycles. The molecule has 2 heterocycles. The van der Waals surface area contributed by atoms with Gasteiger partial charge in [-0.05, 0) is 14.0 Å². The van der Waals surface area contributed by atoms with E-state index in [1.807, 2.05) is 11.9 Å². The van der Waals surface area contributed by atoms with Gasteiger partial charge in [0.15, 0.2) is 6.29 Å². The van der Waals surface area contributed by atoms with Gasteiger partial charge in [0.1, 0.15) is 0 Å². The molecule has 1 unspecified atom stereocenters. The maximum atomic E-state index is 5.86. The number of aliphatic imine (C=N–C) groups is 1. The second-order valence-corrected chi connectivity index (χ2v) is 3.84. The molecule has 0 radical (unpaired) electrons. The first kappa shape index (κ1) is 8.72. The van der Waals surface area contributed by atoms with Crippen LogP contribution in [0.25, 0.3) is 0 Å². The van der Waals surface area contributed by atoms with Gasteiger partial charge >= 0.3 is 0 Å². The number of hydrogen-bond acceptors (Lipinski definition) is 4. The van der Waals surface area contributed by atoms with Crippen LogP contribution in [0.1, 0.15) is 6.92 Å². The molecule has 0 amide bonds. The molecule has 2 aliphatic heterocycles. The summed E-state index contributed by atoms with van der Waals surface area (Å²) in [5, 5.41) is 0. The molecule has 2 N–H and O–H groups in total. The highest BCUT2D eigenvalue weighted by atomic mass is 15.3. The van der Waals surface area contributed by atoms with E-state index < -0.39 is 0 Å². The Morgan fingerprint density at radius 1 is 1.38 bits per heavy atom. The van der Waals surface area contributed by atoms with Crippen molar-refractivity contribution in [2.24, 2.45) is 10.7 Å². The zero-order chi connectivity index (χ0) is 9.59. The van der Waals surface area contributed by atoms with Gasteiger partial charge in [-0.15, -0.1) is 0 Å². The van der Waals surface area contributed by atoms with E-state index >= 15 is 0 Å². The Kier molecular flexibility index (Phi) is 1.89. The molecule has 0 aromatic carbocycles. The fourth-order valence-corrected chi connectivity index (χ4v) is 1.87. The molecule has 4 heteroatoms. The van der Waals surface area contributed by atoms with Crippen molar-refractivity contribution in [1.82, 2.24) is 9.80 Å². The van der Waals surface area contributed by atoms with E-state index in [0.29, 0.717) is 0 Å². The van der Waals surface area contributed by atoms with E-state index in [2.05, 4.69) is 23.9 Å². The molecular formula is C9H16N4. The fourth-order valence-electron chi connectivity index (χ4n) is 1.87. The van der Waals surface area contributed by atoms with Gasteiger partial charge < -0.3 is 4.90 Å². The Balaban J connectivity index is 2.39. The van der Waals surface area contributed by atoms with E-state index in [4.69, 9.17) is 5.73 Å². The third-order valence-electron chi connectivity index (χ3n) is 2.85. The van der Waals surface area contributed by atoms with Crippen molar-refractivity contribution in [3.63, 3.8) is 0 Å².